The van der Waals surface area contributed by atoms with Gasteiger partial charge in [-0.25, -0.2) is 8.96 Å². The van der Waals surface area contributed by atoms with E-state index in [1.54, 1.807) is 0 Å². The van der Waals surface area contributed by atoms with Gasteiger partial charge >= 0.3 is 7.82 Å². The topological polar surface area (TPSA) is 207 Å². The van der Waals surface area contributed by atoms with Gasteiger partial charge in [0.05, 0.1) is 6.61 Å². The van der Waals surface area contributed by atoms with Crippen molar-refractivity contribution in [3.63, 3.8) is 0 Å². The lowest BCUT2D eigenvalue weighted by molar-refractivity contribution is -0.265. The second-order valence-electron chi connectivity index (χ2n) is 3.25. The molecule has 0 aromatic rings. The van der Waals surface area contributed by atoms with Gasteiger partial charge in [0.15, 0.2) is 6.17 Å². The minimum Gasteiger partial charge on any atom is -0.394 e. The molecule has 10 nitrogen and oxygen atoms in total. The monoisotopic (exact) mass is 296 g/mol. The van der Waals surface area contributed by atoms with Crippen LogP contribution in [0.5, 0.6) is 0 Å². The van der Waals surface area contributed by atoms with E-state index in [1.165, 1.54) is 0 Å². The maximum atomic E-state index is 13.2. The Kier molecular flexibility index (Phi) is 8.28. The lowest BCUT2D eigenvalue weighted by atomic mass is 10.0. The largest absolute Gasteiger partial charge is 0.472 e. The Hall–Kier alpha value is -0.200. The fraction of sp³-hybridized carbons (Fsp3) is 1.00. The molecule has 1 aliphatic heterocycles. The normalized spacial score (nSPS) is 36.4. The molecular formula is C6H18FN2O8P. The van der Waals surface area contributed by atoms with Gasteiger partial charge in [-0.05, 0) is 0 Å². The Morgan fingerprint density at radius 2 is 1.72 bits per heavy atom. The SMILES string of the molecule is N.N.O=P(O)(O)OC1O[C@H](CO)[C@@H](O)[C@H](O)[C@H]1F. The fourth-order valence-electron chi connectivity index (χ4n) is 1.27. The molecule has 1 aliphatic rings. The standard InChI is InChI=1S/C6H12FO8P.2H3N/c7-3-5(10)4(9)2(1-8)14-6(3)15-16(11,12)13;;/h2-6,8-10H,1H2,(H2,11,12,13);2*1H3/t2-,3-,4-,5-,6?;;/m1../s1. The van der Waals surface area contributed by atoms with E-state index in [-0.39, 0.29) is 12.3 Å². The van der Waals surface area contributed by atoms with Gasteiger partial charge in [-0.3, -0.25) is 4.52 Å². The molecule has 112 valence electrons. The third-order valence-corrected chi connectivity index (χ3v) is 2.53. The first-order chi connectivity index (χ1) is 7.26. The molecular weight excluding hydrogens is 278 g/mol. The molecule has 0 bridgehead atoms. The predicted molar refractivity (Wildman–Crippen MR) is 55.8 cm³/mol. The summed E-state index contributed by atoms with van der Waals surface area (Å²) in [5.74, 6) is 0. The number of phosphoric acid groups is 1. The highest BCUT2D eigenvalue weighted by molar-refractivity contribution is 7.46. The van der Waals surface area contributed by atoms with Crippen molar-refractivity contribution >= 4 is 7.82 Å². The number of rotatable bonds is 3. The van der Waals surface area contributed by atoms with E-state index in [2.05, 4.69) is 9.26 Å². The second kappa shape index (κ2) is 7.40. The Morgan fingerprint density at radius 3 is 2.11 bits per heavy atom. The first-order valence-electron chi connectivity index (χ1n) is 4.26. The molecule has 0 aromatic carbocycles. The summed E-state index contributed by atoms with van der Waals surface area (Å²) in [5, 5.41) is 27.1. The summed E-state index contributed by atoms with van der Waals surface area (Å²) >= 11 is 0. The van der Waals surface area contributed by atoms with Crippen LogP contribution in [0.3, 0.4) is 0 Å². The average molecular weight is 296 g/mol. The molecule has 18 heavy (non-hydrogen) atoms. The van der Waals surface area contributed by atoms with Crippen LogP contribution in [0, 0.1) is 0 Å². The highest BCUT2D eigenvalue weighted by Gasteiger charge is 2.47. The number of hydrogen-bond donors (Lipinski definition) is 7. The van der Waals surface area contributed by atoms with Crippen LogP contribution in [0.2, 0.25) is 0 Å². The van der Waals surface area contributed by atoms with Crippen LogP contribution in [0.15, 0.2) is 0 Å². The Labute approximate surface area is 102 Å². The van der Waals surface area contributed by atoms with Crippen molar-refractivity contribution in [3.8, 4) is 0 Å². The quantitative estimate of drug-likeness (QED) is 0.290. The van der Waals surface area contributed by atoms with E-state index in [4.69, 9.17) is 20.0 Å². The van der Waals surface area contributed by atoms with Gasteiger partial charge in [-0.15, -0.1) is 0 Å². The summed E-state index contributed by atoms with van der Waals surface area (Å²) in [6, 6.07) is 0. The molecule has 0 amide bonds. The minimum absolute atomic E-state index is 0. The molecule has 1 saturated heterocycles. The van der Waals surface area contributed by atoms with Gasteiger partial charge in [0.25, 0.3) is 0 Å². The summed E-state index contributed by atoms with van der Waals surface area (Å²) < 4.78 is 32.2. The number of aliphatic hydroxyl groups excluding tert-OH is 3. The highest BCUT2D eigenvalue weighted by Crippen LogP contribution is 2.41. The smallest absolute Gasteiger partial charge is 0.394 e. The molecule has 5 atom stereocenters. The Balaban J connectivity index is 0. The molecule has 0 spiro atoms. The van der Waals surface area contributed by atoms with Crippen molar-refractivity contribution in [2.24, 2.45) is 0 Å². The number of halogens is 1. The first kappa shape index (κ1) is 20.1. The number of ether oxygens (including phenoxy) is 1. The third kappa shape index (κ3) is 4.82. The van der Waals surface area contributed by atoms with Crippen LogP contribution >= 0.6 is 7.82 Å². The van der Waals surface area contributed by atoms with Gasteiger partial charge in [-0.2, -0.15) is 0 Å². The molecule has 0 aromatic heterocycles. The second-order valence-corrected chi connectivity index (χ2v) is 4.44. The Morgan fingerprint density at radius 1 is 1.22 bits per heavy atom. The van der Waals surface area contributed by atoms with Crippen LogP contribution < -0.4 is 12.3 Å². The zero-order valence-corrected chi connectivity index (χ0v) is 10.2. The third-order valence-electron chi connectivity index (χ3n) is 2.05. The van der Waals surface area contributed by atoms with E-state index in [0.29, 0.717) is 0 Å². The van der Waals surface area contributed by atoms with Crippen LogP contribution in [-0.4, -0.2) is 62.5 Å². The Bertz CT molecular complexity index is 289. The van der Waals surface area contributed by atoms with E-state index in [0.717, 1.165) is 0 Å². The fourth-order valence-corrected chi connectivity index (χ4v) is 1.70. The lowest BCUT2D eigenvalue weighted by Gasteiger charge is -2.38. The van der Waals surface area contributed by atoms with Gasteiger partial charge in [-0.1, -0.05) is 0 Å². The highest BCUT2D eigenvalue weighted by atomic mass is 31.2. The van der Waals surface area contributed by atoms with Crippen LogP contribution in [0.4, 0.5) is 4.39 Å². The molecule has 1 rings (SSSR count). The van der Waals surface area contributed by atoms with E-state index < -0.39 is 45.2 Å². The van der Waals surface area contributed by atoms with Crippen LogP contribution in [0.25, 0.3) is 0 Å². The van der Waals surface area contributed by atoms with Crippen molar-refractivity contribution in [2.75, 3.05) is 6.61 Å². The molecule has 1 unspecified atom stereocenters. The van der Waals surface area contributed by atoms with Crippen molar-refractivity contribution < 1.29 is 43.3 Å². The first-order valence-corrected chi connectivity index (χ1v) is 5.79. The summed E-state index contributed by atoms with van der Waals surface area (Å²) in [6.07, 6.45) is -9.40. The van der Waals surface area contributed by atoms with Crippen molar-refractivity contribution in [2.45, 2.75) is 30.8 Å². The van der Waals surface area contributed by atoms with Gasteiger partial charge < -0.3 is 42.1 Å². The van der Waals surface area contributed by atoms with E-state index in [1.807, 2.05) is 0 Å². The van der Waals surface area contributed by atoms with Crippen molar-refractivity contribution in [1.29, 1.82) is 0 Å². The predicted octanol–water partition coefficient (Wildman–Crippen LogP) is -1.80. The number of aliphatic hydroxyl groups is 3. The number of phosphoric ester groups is 1. The summed E-state index contributed by atoms with van der Waals surface area (Å²) in [4.78, 5) is 16.9. The van der Waals surface area contributed by atoms with E-state index in [9.17, 15) is 14.1 Å². The summed E-state index contributed by atoms with van der Waals surface area (Å²) in [6.45, 7) is -0.758. The summed E-state index contributed by atoms with van der Waals surface area (Å²) in [7, 11) is -4.99. The minimum atomic E-state index is -4.99. The maximum absolute atomic E-state index is 13.2. The van der Waals surface area contributed by atoms with Crippen LogP contribution in [-0.2, 0) is 13.8 Å². The van der Waals surface area contributed by atoms with Gasteiger partial charge in [0.1, 0.15) is 18.3 Å². The molecule has 12 heteroatoms. The molecule has 0 aliphatic carbocycles. The molecule has 0 radical (unpaired) electrons. The van der Waals surface area contributed by atoms with Crippen LogP contribution in [0.1, 0.15) is 0 Å². The zero-order chi connectivity index (χ0) is 12.5. The number of alkyl halides is 1. The molecule has 1 fully saturated rings. The van der Waals surface area contributed by atoms with E-state index >= 15 is 0 Å². The van der Waals surface area contributed by atoms with Crippen molar-refractivity contribution in [3.05, 3.63) is 0 Å². The average Bonchev–Trinajstić information content (AvgIpc) is 2.17. The molecule has 0 saturated carbocycles. The van der Waals surface area contributed by atoms with Gasteiger partial charge in [0.2, 0.25) is 6.29 Å². The molecule has 1 heterocycles. The van der Waals surface area contributed by atoms with Crippen molar-refractivity contribution in [1.82, 2.24) is 12.3 Å². The van der Waals surface area contributed by atoms with Gasteiger partial charge in [0, 0.05) is 0 Å². The summed E-state index contributed by atoms with van der Waals surface area (Å²) in [5.41, 5.74) is 0. The lowest BCUT2D eigenvalue weighted by Crippen LogP contribution is -2.57. The zero-order valence-electron chi connectivity index (χ0n) is 9.29. The molecule has 11 N–H and O–H groups in total. The maximum Gasteiger partial charge on any atom is 0.472 e. The number of hydrogen-bond acceptors (Lipinski definition) is 8.